The average Bonchev–Trinajstić information content (AvgIpc) is 2.89. The number of benzene rings is 1. The van der Waals surface area contributed by atoms with E-state index < -0.39 is 27.1 Å². The van der Waals surface area contributed by atoms with Gasteiger partial charge >= 0.3 is 11.3 Å². The van der Waals surface area contributed by atoms with E-state index in [9.17, 15) is 13.2 Å². The van der Waals surface area contributed by atoms with Gasteiger partial charge in [0.1, 0.15) is 6.04 Å². The number of nitrogens with one attached hydrogen (secondary N) is 2. The number of hydrogen-bond acceptors (Lipinski definition) is 6. The van der Waals surface area contributed by atoms with Gasteiger partial charge in [-0.15, -0.1) is 5.10 Å². The zero-order valence-corrected chi connectivity index (χ0v) is 12.2. The van der Waals surface area contributed by atoms with E-state index in [1.807, 2.05) is 6.07 Å². The Morgan fingerprint density at radius 1 is 1.24 bits per heavy atom. The number of carbonyl (C=O) groups excluding carboxylic acids is 1. The Kier molecular flexibility index (Phi) is 4.22. The Hall–Kier alpha value is -2.42. The van der Waals surface area contributed by atoms with Crippen molar-refractivity contribution in [3.05, 3.63) is 36.2 Å². The molecule has 0 fully saturated rings. The number of aromatic nitrogens is 2. The molecule has 2 rings (SSSR count). The summed E-state index contributed by atoms with van der Waals surface area (Å²) in [5.74, 6) is 0.0126. The summed E-state index contributed by atoms with van der Waals surface area (Å²) in [7, 11) is -3.56. The second-order valence-electron chi connectivity index (χ2n) is 4.36. The lowest BCUT2D eigenvalue weighted by atomic mass is 10.3. The Balaban J connectivity index is 1.99. The maximum absolute atomic E-state index is 11.8. The van der Waals surface area contributed by atoms with Gasteiger partial charge in [0.2, 0.25) is 15.7 Å². The molecule has 0 aliphatic rings. The molecule has 1 aromatic carbocycles. The van der Waals surface area contributed by atoms with Crippen LogP contribution in [0.2, 0.25) is 0 Å². The molecule has 0 bridgehead atoms. The van der Waals surface area contributed by atoms with Crippen molar-refractivity contribution < 1.29 is 17.6 Å². The van der Waals surface area contributed by atoms with Gasteiger partial charge in [0.15, 0.2) is 0 Å². The van der Waals surface area contributed by atoms with E-state index in [0.717, 1.165) is 6.26 Å². The Morgan fingerprint density at radius 2 is 1.90 bits per heavy atom. The summed E-state index contributed by atoms with van der Waals surface area (Å²) in [5.41, 5.74) is 0.629. The molecule has 1 atom stereocenters. The third-order valence-electron chi connectivity index (χ3n) is 2.49. The number of nitrogens with zero attached hydrogens (tertiary/aromatic N) is 2. The summed E-state index contributed by atoms with van der Waals surface area (Å²) in [5, 5.41) is 11.7. The first kappa shape index (κ1) is 15.0. The second kappa shape index (κ2) is 5.92. The van der Waals surface area contributed by atoms with Crippen molar-refractivity contribution in [2.45, 2.75) is 18.2 Å². The average molecular weight is 310 g/mol. The fraction of sp³-hybridized carbons (Fsp3) is 0.250. The molecule has 0 saturated heterocycles. The lowest BCUT2D eigenvalue weighted by molar-refractivity contribution is 0.246. The van der Waals surface area contributed by atoms with Gasteiger partial charge in [0, 0.05) is 11.9 Å². The molecule has 0 spiro atoms. The Morgan fingerprint density at radius 3 is 2.48 bits per heavy atom. The first-order chi connectivity index (χ1) is 9.86. The van der Waals surface area contributed by atoms with Crippen LogP contribution in [0.15, 0.2) is 40.0 Å². The molecule has 0 aliphatic heterocycles. The predicted molar refractivity (Wildman–Crippen MR) is 74.4 cm³/mol. The van der Waals surface area contributed by atoms with Crippen LogP contribution >= 0.6 is 0 Å². The van der Waals surface area contributed by atoms with Gasteiger partial charge in [-0.05, 0) is 19.1 Å². The van der Waals surface area contributed by atoms with E-state index in [4.69, 9.17) is 4.42 Å². The minimum atomic E-state index is -3.56. The number of rotatable bonds is 4. The SMILES string of the molecule is C[C@H](NC(=O)Nc1ccccc1)c1nnc(S(C)(=O)=O)o1. The van der Waals surface area contributed by atoms with Crippen molar-refractivity contribution in [1.29, 1.82) is 0 Å². The van der Waals surface area contributed by atoms with Gasteiger partial charge in [-0.1, -0.05) is 23.3 Å². The van der Waals surface area contributed by atoms with Crippen LogP contribution in [0.1, 0.15) is 18.9 Å². The molecule has 1 aromatic heterocycles. The van der Waals surface area contributed by atoms with Gasteiger partial charge < -0.3 is 15.1 Å². The van der Waals surface area contributed by atoms with E-state index in [0.29, 0.717) is 5.69 Å². The molecular formula is C12H14N4O4S. The monoisotopic (exact) mass is 310 g/mol. The molecule has 2 N–H and O–H groups in total. The van der Waals surface area contributed by atoms with E-state index in [1.165, 1.54) is 0 Å². The van der Waals surface area contributed by atoms with E-state index in [1.54, 1.807) is 31.2 Å². The summed E-state index contributed by atoms with van der Waals surface area (Å²) < 4.78 is 27.5. The highest BCUT2D eigenvalue weighted by Crippen LogP contribution is 2.14. The highest BCUT2D eigenvalue weighted by molar-refractivity contribution is 7.90. The molecule has 1 heterocycles. The van der Waals surface area contributed by atoms with Crippen molar-refractivity contribution in [2.75, 3.05) is 11.6 Å². The minimum absolute atomic E-state index is 0.0126. The number of sulfone groups is 1. The van der Waals surface area contributed by atoms with Crippen molar-refractivity contribution in [2.24, 2.45) is 0 Å². The van der Waals surface area contributed by atoms with Crippen LogP contribution in [-0.2, 0) is 9.84 Å². The van der Waals surface area contributed by atoms with Gasteiger partial charge in [-0.25, -0.2) is 13.2 Å². The fourth-order valence-corrected chi connectivity index (χ4v) is 1.92. The highest BCUT2D eigenvalue weighted by Gasteiger charge is 2.21. The zero-order chi connectivity index (χ0) is 15.5. The molecule has 2 aromatic rings. The van der Waals surface area contributed by atoms with Gasteiger partial charge in [-0.2, -0.15) is 0 Å². The van der Waals surface area contributed by atoms with Gasteiger partial charge in [-0.3, -0.25) is 0 Å². The molecule has 0 saturated carbocycles. The number of amides is 2. The smallest absolute Gasteiger partial charge is 0.335 e. The quantitative estimate of drug-likeness (QED) is 0.881. The molecule has 2 amide bonds. The lowest BCUT2D eigenvalue weighted by Crippen LogP contribution is -2.31. The van der Waals surface area contributed by atoms with Crippen molar-refractivity contribution in [3.8, 4) is 0 Å². The summed E-state index contributed by atoms with van der Waals surface area (Å²) in [4.78, 5) is 11.8. The number of para-hydroxylation sites is 1. The number of hydrogen-bond donors (Lipinski definition) is 2. The summed E-state index contributed by atoms with van der Waals surface area (Å²) in [6.45, 7) is 1.60. The molecule has 9 heteroatoms. The van der Waals surface area contributed by atoms with Crippen molar-refractivity contribution in [3.63, 3.8) is 0 Å². The van der Waals surface area contributed by atoms with Crippen molar-refractivity contribution in [1.82, 2.24) is 15.5 Å². The first-order valence-corrected chi connectivity index (χ1v) is 7.91. The number of anilines is 1. The normalized spacial score (nSPS) is 12.7. The Bertz CT molecular complexity index is 727. The second-order valence-corrected chi connectivity index (χ2v) is 6.26. The third-order valence-corrected chi connectivity index (χ3v) is 3.29. The maximum atomic E-state index is 11.8. The zero-order valence-electron chi connectivity index (χ0n) is 11.4. The number of urea groups is 1. The van der Waals surface area contributed by atoms with Crippen LogP contribution < -0.4 is 10.6 Å². The van der Waals surface area contributed by atoms with Crippen LogP contribution in [0.25, 0.3) is 0 Å². The Labute approximate surface area is 121 Å². The molecule has 0 radical (unpaired) electrons. The number of carbonyl (C=O) groups is 1. The maximum Gasteiger partial charge on any atom is 0.335 e. The summed E-state index contributed by atoms with van der Waals surface area (Å²) in [6.07, 6.45) is 0.963. The van der Waals surface area contributed by atoms with Crippen LogP contribution in [0.3, 0.4) is 0 Å². The molecule has 0 unspecified atom stereocenters. The van der Waals surface area contributed by atoms with Crippen LogP contribution in [0, 0.1) is 0 Å². The molecule has 21 heavy (non-hydrogen) atoms. The predicted octanol–water partition coefficient (Wildman–Crippen LogP) is 1.36. The highest BCUT2D eigenvalue weighted by atomic mass is 32.2. The standard InChI is InChI=1S/C12H14N4O4S/c1-8(10-15-16-12(20-10)21(2,18)19)13-11(17)14-9-6-4-3-5-7-9/h3-8H,1-2H3,(H2,13,14,17)/t8-/m0/s1. The molecule has 0 aliphatic carbocycles. The minimum Gasteiger partial charge on any atom is -0.410 e. The van der Waals surface area contributed by atoms with E-state index in [-0.39, 0.29) is 5.89 Å². The van der Waals surface area contributed by atoms with Gasteiger partial charge in [0.25, 0.3) is 0 Å². The van der Waals surface area contributed by atoms with Crippen LogP contribution in [0.4, 0.5) is 10.5 Å². The fourth-order valence-electron chi connectivity index (χ4n) is 1.49. The van der Waals surface area contributed by atoms with Crippen molar-refractivity contribution >= 4 is 21.6 Å². The van der Waals surface area contributed by atoms with Gasteiger partial charge in [0.05, 0.1) is 0 Å². The molecular weight excluding hydrogens is 296 g/mol. The van der Waals surface area contributed by atoms with Crippen LogP contribution in [0.5, 0.6) is 0 Å². The topological polar surface area (TPSA) is 114 Å². The van der Waals surface area contributed by atoms with E-state index in [2.05, 4.69) is 20.8 Å². The molecule has 112 valence electrons. The van der Waals surface area contributed by atoms with E-state index >= 15 is 0 Å². The summed E-state index contributed by atoms with van der Waals surface area (Å²) in [6, 6.07) is 7.78. The molecule has 8 nitrogen and oxygen atoms in total. The van der Waals surface area contributed by atoms with Crippen LogP contribution in [-0.4, -0.2) is 30.9 Å². The first-order valence-electron chi connectivity index (χ1n) is 6.02. The third kappa shape index (κ3) is 4.02. The largest absolute Gasteiger partial charge is 0.410 e. The lowest BCUT2D eigenvalue weighted by Gasteiger charge is -2.11. The summed E-state index contributed by atoms with van der Waals surface area (Å²) >= 11 is 0.